The molecular formula is C26H30F2N6O. The predicted octanol–water partition coefficient (Wildman–Crippen LogP) is 4.53. The maximum atomic E-state index is 13.1. The smallest absolute Gasteiger partial charge is 0.249 e. The van der Waals surface area contributed by atoms with Crippen LogP contribution in [0.5, 0.6) is 0 Å². The molecule has 0 atom stereocenters. The molecule has 2 fully saturated rings. The van der Waals surface area contributed by atoms with Crippen LogP contribution in [0.1, 0.15) is 45.2 Å². The molecule has 3 aromatic rings. The zero-order valence-corrected chi connectivity index (χ0v) is 20.0. The van der Waals surface area contributed by atoms with Gasteiger partial charge in [0.2, 0.25) is 5.92 Å². The second-order valence-corrected chi connectivity index (χ2v) is 10.0. The SMILES string of the molecule is CC(C)N1CCC(Nc2cncc(-c3cnc4cnc(CC(=O)C5CC(F)(F)C5)cc4c3)n2)CC1. The van der Waals surface area contributed by atoms with E-state index in [0.29, 0.717) is 29.0 Å². The molecule has 4 heterocycles. The molecule has 1 saturated carbocycles. The van der Waals surface area contributed by atoms with Gasteiger partial charge in [0.25, 0.3) is 0 Å². The number of aromatic nitrogens is 4. The molecule has 3 aromatic heterocycles. The first-order valence-electron chi connectivity index (χ1n) is 12.2. The van der Waals surface area contributed by atoms with E-state index in [1.54, 1.807) is 30.9 Å². The summed E-state index contributed by atoms with van der Waals surface area (Å²) in [6, 6.07) is 4.69. The van der Waals surface area contributed by atoms with E-state index in [1.165, 1.54) is 0 Å². The van der Waals surface area contributed by atoms with Crippen LogP contribution in [0.4, 0.5) is 14.6 Å². The van der Waals surface area contributed by atoms with E-state index in [-0.39, 0.29) is 25.0 Å². The number of Topliss-reactive ketones (excluding diaryl/α,β-unsaturated/α-hetero) is 1. The summed E-state index contributed by atoms with van der Waals surface area (Å²) in [5.74, 6) is -2.72. The van der Waals surface area contributed by atoms with Gasteiger partial charge < -0.3 is 10.2 Å². The summed E-state index contributed by atoms with van der Waals surface area (Å²) in [7, 11) is 0. The lowest BCUT2D eigenvalue weighted by Gasteiger charge is -2.35. The molecule has 1 N–H and O–H groups in total. The van der Waals surface area contributed by atoms with Gasteiger partial charge in [0.05, 0.1) is 29.8 Å². The number of hydrogen-bond acceptors (Lipinski definition) is 7. The van der Waals surface area contributed by atoms with Gasteiger partial charge in [0.1, 0.15) is 11.6 Å². The average molecular weight is 481 g/mol. The molecule has 1 saturated heterocycles. The molecule has 2 aliphatic rings. The number of pyridine rings is 2. The third kappa shape index (κ3) is 5.45. The lowest BCUT2D eigenvalue weighted by atomic mass is 9.77. The Morgan fingerprint density at radius 2 is 1.89 bits per heavy atom. The second-order valence-electron chi connectivity index (χ2n) is 10.0. The summed E-state index contributed by atoms with van der Waals surface area (Å²) in [4.78, 5) is 32.8. The highest BCUT2D eigenvalue weighted by Gasteiger charge is 2.48. The number of halogens is 2. The number of carbonyl (C=O) groups excluding carboxylic acids is 1. The number of piperidine rings is 1. The fourth-order valence-corrected chi connectivity index (χ4v) is 4.87. The van der Waals surface area contributed by atoms with Gasteiger partial charge in [-0.1, -0.05) is 0 Å². The largest absolute Gasteiger partial charge is 0.366 e. The third-order valence-corrected chi connectivity index (χ3v) is 7.07. The van der Waals surface area contributed by atoms with Crippen LogP contribution in [0.3, 0.4) is 0 Å². The summed E-state index contributed by atoms with van der Waals surface area (Å²) in [5, 5.41) is 4.34. The highest BCUT2D eigenvalue weighted by atomic mass is 19.3. The molecule has 0 bridgehead atoms. The van der Waals surface area contributed by atoms with Gasteiger partial charge in [-0.25, -0.2) is 13.8 Å². The highest BCUT2D eigenvalue weighted by molar-refractivity contribution is 5.86. The Bertz CT molecular complexity index is 1220. The van der Waals surface area contributed by atoms with Crippen molar-refractivity contribution < 1.29 is 13.6 Å². The Balaban J connectivity index is 1.28. The van der Waals surface area contributed by atoms with E-state index >= 15 is 0 Å². The van der Waals surface area contributed by atoms with E-state index in [4.69, 9.17) is 4.98 Å². The Labute approximate surface area is 203 Å². The topological polar surface area (TPSA) is 83.9 Å². The van der Waals surface area contributed by atoms with Crippen LogP contribution in [0.25, 0.3) is 22.2 Å². The van der Waals surface area contributed by atoms with E-state index in [1.807, 2.05) is 6.07 Å². The van der Waals surface area contributed by atoms with E-state index in [9.17, 15) is 13.6 Å². The van der Waals surface area contributed by atoms with Crippen LogP contribution in [0.15, 0.2) is 36.9 Å². The molecule has 0 aromatic carbocycles. The Morgan fingerprint density at radius 1 is 1.11 bits per heavy atom. The number of ketones is 1. The van der Waals surface area contributed by atoms with Gasteiger partial charge in [0.15, 0.2) is 0 Å². The zero-order chi connectivity index (χ0) is 24.6. The zero-order valence-electron chi connectivity index (χ0n) is 20.0. The number of fused-ring (bicyclic) bond motifs is 1. The van der Waals surface area contributed by atoms with Gasteiger partial charge in [-0.3, -0.25) is 19.7 Å². The molecule has 9 heteroatoms. The van der Waals surface area contributed by atoms with Crippen LogP contribution in [-0.4, -0.2) is 61.7 Å². The molecule has 1 aliphatic heterocycles. The molecule has 7 nitrogen and oxygen atoms in total. The maximum absolute atomic E-state index is 13.1. The molecule has 0 radical (unpaired) electrons. The van der Waals surface area contributed by atoms with Crippen molar-refractivity contribution in [3.63, 3.8) is 0 Å². The number of nitrogens with one attached hydrogen (secondary N) is 1. The van der Waals surface area contributed by atoms with E-state index < -0.39 is 11.8 Å². The molecule has 0 unspecified atom stereocenters. The van der Waals surface area contributed by atoms with Crippen LogP contribution >= 0.6 is 0 Å². The Hall–Kier alpha value is -3.07. The molecule has 1 aliphatic carbocycles. The van der Waals surface area contributed by atoms with Crippen molar-refractivity contribution in [2.75, 3.05) is 18.4 Å². The first-order valence-corrected chi connectivity index (χ1v) is 12.2. The van der Waals surface area contributed by atoms with Crippen LogP contribution in [0, 0.1) is 5.92 Å². The molecular weight excluding hydrogens is 450 g/mol. The van der Waals surface area contributed by atoms with E-state index in [0.717, 1.165) is 42.7 Å². The number of carbonyl (C=O) groups is 1. The lowest BCUT2D eigenvalue weighted by molar-refractivity contribution is -0.147. The van der Waals surface area contributed by atoms with Gasteiger partial charge >= 0.3 is 0 Å². The predicted molar refractivity (Wildman–Crippen MR) is 130 cm³/mol. The summed E-state index contributed by atoms with van der Waals surface area (Å²) >= 11 is 0. The minimum atomic E-state index is -2.70. The Kier molecular flexibility index (Phi) is 6.44. The summed E-state index contributed by atoms with van der Waals surface area (Å²) in [5.41, 5.74) is 2.77. The normalized spacial score (nSPS) is 19.1. The highest BCUT2D eigenvalue weighted by Crippen LogP contribution is 2.43. The van der Waals surface area contributed by atoms with Crippen LogP contribution in [-0.2, 0) is 11.2 Å². The first-order chi connectivity index (χ1) is 16.8. The number of anilines is 1. The van der Waals surface area contributed by atoms with E-state index in [2.05, 4.69) is 39.0 Å². The minimum absolute atomic E-state index is 0.0513. The fourth-order valence-electron chi connectivity index (χ4n) is 4.87. The summed E-state index contributed by atoms with van der Waals surface area (Å²) < 4.78 is 26.2. The van der Waals surface area contributed by atoms with Gasteiger partial charge in [-0.05, 0) is 38.8 Å². The number of likely N-dealkylation sites (tertiary alicyclic amines) is 1. The van der Waals surface area contributed by atoms with Crippen LogP contribution in [0.2, 0.25) is 0 Å². The van der Waals surface area contributed by atoms with Crippen molar-refractivity contribution in [2.45, 2.75) is 64.0 Å². The lowest BCUT2D eigenvalue weighted by Crippen LogP contribution is -2.42. The molecule has 5 rings (SSSR count). The minimum Gasteiger partial charge on any atom is -0.366 e. The Morgan fingerprint density at radius 3 is 2.60 bits per heavy atom. The maximum Gasteiger partial charge on any atom is 0.249 e. The molecule has 35 heavy (non-hydrogen) atoms. The number of alkyl halides is 2. The van der Waals surface area contributed by atoms with Crippen molar-refractivity contribution in [1.82, 2.24) is 24.8 Å². The quantitative estimate of drug-likeness (QED) is 0.532. The van der Waals surface area contributed by atoms with Gasteiger partial charge in [0, 0.05) is 73.2 Å². The third-order valence-electron chi connectivity index (χ3n) is 7.07. The molecule has 0 spiro atoms. The number of nitrogens with zero attached hydrogens (tertiary/aromatic N) is 5. The molecule has 0 amide bonds. The number of rotatable bonds is 7. The van der Waals surface area contributed by atoms with Crippen molar-refractivity contribution in [2.24, 2.45) is 5.92 Å². The average Bonchev–Trinajstić information content (AvgIpc) is 2.82. The van der Waals surface area contributed by atoms with Crippen molar-refractivity contribution in [1.29, 1.82) is 0 Å². The first kappa shape index (κ1) is 23.7. The number of hydrogen-bond donors (Lipinski definition) is 1. The summed E-state index contributed by atoms with van der Waals surface area (Å²) in [6.07, 6.45) is 8.27. The standard InChI is InChI=1S/C26H30F2N6O/c1-16(2)34-5-3-20(4-6-34)32-25-15-29-13-23(33-25)18-7-17-8-21(30-14-22(17)31-12-18)9-24(35)19-10-26(27,28)11-19/h7-8,12-16,19-20H,3-6,9-11H2,1-2H3,(H,32,33). The van der Waals surface area contributed by atoms with Crippen molar-refractivity contribution in [3.8, 4) is 11.3 Å². The fraction of sp³-hybridized carbons (Fsp3) is 0.500. The summed E-state index contributed by atoms with van der Waals surface area (Å²) in [6.45, 7) is 6.59. The second kappa shape index (κ2) is 9.53. The van der Waals surface area contributed by atoms with Gasteiger partial charge in [-0.2, -0.15) is 0 Å². The van der Waals surface area contributed by atoms with Crippen LogP contribution < -0.4 is 5.32 Å². The van der Waals surface area contributed by atoms with Crippen molar-refractivity contribution >= 4 is 22.5 Å². The molecule has 184 valence electrons. The van der Waals surface area contributed by atoms with Gasteiger partial charge in [-0.15, -0.1) is 0 Å². The van der Waals surface area contributed by atoms with Crippen molar-refractivity contribution in [3.05, 3.63) is 42.6 Å². The monoisotopic (exact) mass is 480 g/mol.